The number of aryl methyl sites for hydroxylation is 2. The van der Waals surface area contributed by atoms with Gasteiger partial charge < -0.3 is 10.2 Å². The van der Waals surface area contributed by atoms with Crippen LogP contribution in [0.15, 0.2) is 6.33 Å². The molecule has 0 bridgehead atoms. The first kappa shape index (κ1) is 17.8. The Kier molecular flexibility index (Phi) is 5.48. The summed E-state index contributed by atoms with van der Waals surface area (Å²) in [7, 11) is 1.64. The molecular weight excluding hydrogens is 308 g/mol. The third-order valence-electron chi connectivity index (χ3n) is 3.83. The van der Waals surface area contributed by atoms with E-state index in [0.717, 1.165) is 17.0 Å². The highest BCUT2D eigenvalue weighted by Gasteiger charge is 2.16. The summed E-state index contributed by atoms with van der Waals surface area (Å²) in [5, 5.41) is 6.92. The van der Waals surface area contributed by atoms with Gasteiger partial charge in [0.15, 0.2) is 0 Å². The third kappa shape index (κ3) is 4.06. The monoisotopic (exact) mass is 332 g/mol. The predicted octanol–water partition coefficient (Wildman–Crippen LogP) is 0.657. The topological polar surface area (TPSA) is 92.5 Å². The van der Waals surface area contributed by atoms with Crippen molar-refractivity contribution in [1.29, 1.82) is 0 Å². The number of aromatic nitrogens is 4. The van der Waals surface area contributed by atoms with Gasteiger partial charge >= 0.3 is 0 Å². The van der Waals surface area contributed by atoms with Gasteiger partial charge in [0.25, 0.3) is 5.78 Å². The van der Waals surface area contributed by atoms with Gasteiger partial charge in [-0.25, -0.2) is 9.50 Å². The number of nitrogens with zero attached hydrogens (tertiary/aromatic N) is 5. The SMILES string of the molecule is Cc1nc2ncnn2c(C)c1CCC(=O)N(C)CC(=O)NC(C)C. The van der Waals surface area contributed by atoms with Crippen LogP contribution in [-0.4, -0.2) is 55.9 Å². The first-order chi connectivity index (χ1) is 11.3. The molecule has 2 amide bonds. The van der Waals surface area contributed by atoms with E-state index >= 15 is 0 Å². The fourth-order valence-corrected chi connectivity index (χ4v) is 2.61. The molecule has 8 nitrogen and oxygen atoms in total. The molecule has 0 saturated heterocycles. The van der Waals surface area contributed by atoms with Gasteiger partial charge in [-0.15, -0.1) is 0 Å². The number of amides is 2. The lowest BCUT2D eigenvalue weighted by Crippen LogP contribution is -2.40. The van der Waals surface area contributed by atoms with Gasteiger partial charge in [0.1, 0.15) is 6.33 Å². The minimum Gasteiger partial charge on any atom is -0.352 e. The average Bonchev–Trinajstić information content (AvgIpc) is 2.93. The van der Waals surface area contributed by atoms with E-state index in [4.69, 9.17) is 0 Å². The number of nitrogens with one attached hydrogen (secondary N) is 1. The van der Waals surface area contributed by atoms with Crippen LogP contribution in [0.1, 0.15) is 37.2 Å². The summed E-state index contributed by atoms with van der Waals surface area (Å²) in [4.78, 5) is 33.9. The van der Waals surface area contributed by atoms with Gasteiger partial charge in [-0.3, -0.25) is 9.59 Å². The smallest absolute Gasteiger partial charge is 0.252 e. The summed E-state index contributed by atoms with van der Waals surface area (Å²) >= 11 is 0. The predicted molar refractivity (Wildman–Crippen MR) is 89.5 cm³/mol. The van der Waals surface area contributed by atoms with Crippen LogP contribution in [-0.2, 0) is 16.0 Å². The quantitative estimate of drug-likeness (QED) is 0.839. The molecule has 130 valence electrons. The van der Waals surface area contributed by atoms with E-state index in [1.165, 1.54) is 11.2 Å². The number of fused-ring (bicyclic) bond motifs is 1. The Labute approximate surface area is 141 Å². The van der Waals surface area contributed by atoms with Crippen molar-refractivity contribution in [3.8, 4) is 0 Å². The van der Waals surface area contributed by atoms with Crippen LogP contribution in [0.3, 0.4) is 0 Å². The van der Waals surface area contributed by atoms with Gasteiger partial charge in [0, 0.05) is 30.9 Å². The van der Waals surface area contributed by atoms with E-state index in [2.05, 4.69) is 20.4 Å². The molecule has 0 aliphatic carbocycles. The zero-order valence-corrected chi connectivity index (χ0v) is 14.8. The largest absolute Gasteiger partial charge is 0.352 e. The van der Waals surface area contributed by atoms with Crippen molar-refractivity contribution in [2.75, 3.05) is 13.6 Å². The number of rotatable bonds is 6. The molecule has 0 saturated carbocycles. The second-order valence-corrected chi connectivity index (χ2v) is 6.21. The molecular formula is C16H24N6O2. The fraction of sp³-hybridized carbons (Fsp3) is 0.562. The van der Waals surface area contributed by atoms with Crippen LogP contribution < -0.4 is 5.32 Å². The zero-order chi connectivity index (χ0) is 17.9. The van der Waals surface area contributed by atoms with Gasteiger partial charge in [-0.2, -0.15) is 10.1 Å². The van der Waals surface area contributed by atoms with Crippen LogP contribution in [0.4, 0.5) is 0 Å². The fourth-order valence-electron chi connectivity index (χ4n) is 2.61. The molecule has 2 aromatic heterocycles. The maximum atomic E-state index is 12.3. The van der Waals surface area contributed by atoms with E-state index in [-0.39, 0.29) is 24.4 Å². The molecule has 1 N–H and O–H groups in total. The summed E-state index contributed by atoms with van der Waals surface area (Å²) in [5.41, 5.74) is 2.77. The molecule has 0 spiro atoms. The summed E-state index contributed by atoms with van der Waals surface area (Å²) in [6, 6.07) is 0.0618. The summed E-state index contributed by atoms with van der Waals surface area (Å²) in [5.74, 6) is 0.327. The van der Waals surface area contributed by atoms with Crippen LogP contribution in [0.5, 0.6) is 0 Å². The lowest BCUT2D eigenvalue weighted by atomic mass is 10.1. The molecule has 24 heavy (non-hydrogen) atoms. The van der Waals surface area contributed by atoms with Crippen LogP contribution in [0, 0.1) is 13.8 Å². The highest BCUT2D eigenvalue weighted by molar-refractivity contribution is 5.84. The Morgan fingerprint density at radius 1 is 1.33 bits per heavy atom. The molecule has 2 heterocycles. The molecule has 2 aromatic rings. The van der Waals surface area contributed by atoms with Crippen molar-refractivity contribution < 1.29 is 9.59 Å². The average molecular weight is 332 g/mol. The third-order valence-corrected chi connectivity index (χ3v) is 3.83. The minimum atomic E-state index is -0.154. The lowest BCUT2D eigenvalue weighted by molar-refractivity contribution is -0.134. The zero-order valence-electron chi connectivity index (χ0n) is 14.8. The standard InChI is InChI=1S/C16H24N6O2/c1-10(2)19-14(23)8-21(5)15(24)7-6-13-11(3)20-16-17-9-18-22(16)12(13)4/h9-10H,6-8H2,1-5H3,(H,19,23). The summed E-state index contributed by atoms with van der Waals surface area (Å²) in [6.45, 7) is 7.68. The molecule has 0 unspecified atom stereocenters. The van der Waals surface area contributed by atoms with Gasteiger partial charge in [0.05, 0.1) is 6.54 Å². The van der Waals surface area contributed by atoms with Crippen molar-refractivity contribution in [2.24, 2.45) is 0 Å². The number of carbonyl (C=O) groups excluding carboxylic acids is 2. The van der Waals surface area contributed by atoms with E-state index in [1.54, 1.807) is 11.6 Å². The van der Waals surface area contributed by atoms with E-state index in [9.17, 15) is 9.59 Å². The molecule has 8 heteroatoms. The Morgan fingerprint density at radius 2 is 2.04 bits per heavy atom. The molecule has 0 atom stereocenters. The summed E-state index contributed by atoms with van der Waals surface area (Å²) < 4.78 is 1.67. The second-order valence-electron chi connectivity index (χ2n) is 6.21. The first-order valence-corrected chi connectivity index (χ1v) is 7.98. The molecule has 0 radical (unpaired) electrons. The van der Waals surface area contributed by atoms with Crippen LogP contribution in [0.2, 0.25) is 0 Å². The van der Waals surface area contributed by atoms with Crippen molar-refractivity contribution in [1.82, 2.24) is 29.8 Å². The van der Waals surface area contributed by atoms with Gasteiger partial charge in [-0.05, 0) is 39.7 Å². The number of carbonyl (C=O) groups is 2. The highest BCUT2D eigenvalue weighted by Crippen LogP contribution is 2.15. The first-order valence-electron chi connectivity index (χ1n) is 7.98. The molecule has 0 aromatic carbocycles. The van der Waals surface area contributed by atoms with Crippen molar-refractivity contribution in [3.05, 3.63) is 23.3 Å². The summed E-state index contributed by atoms with van der Waals surface area (Å²) in [6.07, 6.45) is 2.33. The van der Waals surface area contributed by atoms with Gasteiger partial charge in [-0.1, -0.05) is 0 Å². The molecule has 0 aliphatic heterocycles. The Hall–Kier alpha value is -2.51. The molecule has 0 aliphatic rings. The Bertz CT molecular complexity index is 752. The maximum Gasteiger partial charge on any atom is 0.252 e. The number of likely N-dealkylation sites (N-methyl/N-ethyl adjacent to an activating group) is 1. The van der Waals surface area contributed by atoms with E-state index in [0.29, 0.717) is 18.6 Å². The Balaban J connectivity index is 2.00. The van der Waals surface area contributed by atoms with Crippen LogP contribution >= 0.6 is 0 Å². The number of hydrogen-bond acceptors (Lipinski definition) is 5. The van der Waals surface area contributed by atoms with Crippen molar-refractivity contribution in [2.45, 2.75) is 46.6 Å². The molecule has 0 fully saturated rings. The lowest BCUT2D eigenvalue weighted by Gasteiger charge is -2.18. The minimum absolute atomic E-state index is 0.0618. The van der Waals surface area contributed by atoms with Crippen molar-refractivity contribution in [3.63, 3.8) is 0 Å². The van der Waals surface area contributed by atoms with Crippen molar-refractivity contribution >= 4 is 17.6 Å². The molecule has 2 rings (SSSR count). The second kappa shape index (κ2) is 7.37. The normalized spacial score (nSPS) is 11.1. The van der Waals surface area contributed by atoms with Crippen LogP contribution in [0.25, 0.3) is 5.78 Å². The van der Waals surface area contributed by atoms with E-state index < -0.39 is 0 Å². The maximum absolute atomic E-state index is 12.3. The number of hydrogen-bond donors (Lipinski definition) is 1. The van der Waals surface area contributed by atoms with Gasteiger partial charge in [0.2, 0.25) is 11.8 Å². The highest BCUT2D eigenvalue weighted by atomic mass is 16.2. The van der Waals surface area contributed by atoms with E-state index in [1.807, 2.05) is 27.7 Å². The Morgan fingerprint density at radius 3 is 2.71 bits per heavy atom.